The Balaban J connectivity index is 1.77. The minimum atomic E-state index is 0.102. The third-order valence-electron chi connectivity index (χ3n) is 4.09. The average molecular weight is 273 g/mol. The van der Waals surface area contributed by atoms with Crippen molar-refractivity contribution in [1.29, 1.82) is 0 Å². The van der Waals surface area contributed by atoms with Crippen molar-refractivity contribution < 1.29 is 4.52 Å². The van der Waals surface area contributed by atoms with Crippen LogP contribution < -0.4 is 5.32 Å². The fraction of sp³-hybridized carbons (Fsp3) is 0.571. The molecular formula is C14H19N5O. The molecule has 2 heterocycles. The van der Waals surface area contributed by atoms with Crippen LogP contribution in [0.25, 0.3) is 11.5 Å². The molecule has 1 saturated carbocycles. The van der Waals surface area contributed by atoms with E-state index in [9.17, 15) is 0 Å². The van der Waals surface area contributed by atoms with Gasteiger partial charge in [0.1, 0.15) is 5.69 Å². The van der Waals surface area contributed by atoms with Gasteiger partial charge in [-0.1, -0.05) is 24.4 Å². The van der Waals surface area contributed by atoms with Crippen LogP contribution in [-0.4, -0.2) is 32.7 Å². The molecule has 0 aromatic carbocycles. The van der Waals surface area contributed by atoms with E-state index in [-0.39, 0.29) is 5.54 Å². The van der Waals surface area contributed by atoms with E-state index < -0.39 is 0 Å². The summed E-state index contributed by atoms with van der Waals surface area (Å²) >= 11 is 0. The molecule has 1 aliphatic carbocycles. The lowest BCUT2D eigenvalue weighted by Crippen LogP contribution is -2.46. The van der Waals surface area contributed by atoms with Gasteiger partial charge < -0.3 is 9.84 Å². The van der Waals surface area contributed by atoms with Crippen LogP contribution in [0.2, 0.25) is 0 Å². The van der Waals surface area contributed by atoms with Gasteiger partial charge in [-0.2, -0.15) is 4.98 Å². The largest absolute Gasteiger partial charge is 0.339 e. The molecule has 0 amide bonds. The molecule has 6 nitrogen and oxygen atoms in total. The molecule has 0 unspecified atom stereocenters. The molecule has 20 heavy (non-hydrogen) atoms. The highest BCUT2D eigenvalue weighted by atomic mass is 16.5. The van der Waals surface area contributed by atoms with E-state index in [0.29, 0.717) is 17.4 Å². The first-order chi connectivity index (χ1) is 9.81. The summed E-state index contributed by atoms with van der Waals surface area (Å²) in [7, 11) is 2.02. The van der Waals surface area contributed by atoms with Crippen LogP contribution in [0.1, 0.15) is 38.0 Å². The molecule has 3 rings (SSSR count). The topological polar surface area (TPSA) is 76.7 Å². The highest BCUT2D eigenvalue weighted by Gasteiger charge is 2.32. The van der Waals surface area contributed by atoms with Gasteiger partial charge in [-0.25, -0.2) is 4.98 Å². The van der Waals surface area contributed by atoms with Crippen molar-refractivity contribution in [3.05, 3.63) is 24.5 Å². The van der Waals surface area contributed by atoms with Gasteiger partial charge in [0.2, 0.25) is 11.7 Å². The van der Waals surface area contributed by atoms with E-state index in [0.717, 1.165) is 19.3 Å². The maximum atomic E-state index is 5.38. The second-order valence-electron chi connectivity index (χ2n) is 5.37. The van der Waals surface area contributed by atoms with E-state index >= 15 is 0 Å². The summed E-state index contributed by atoms with van der Waals surface area (Å²) in [6, 6.07) is 0. The Kier molecular flexibility index (Phi) is 3.73. The summed E-state index contributed by atoms with van der Waals surface area (Å²) in [6.07, 6.45) is 11.8. The Bertz CT molecular complexity index is 548. The first kappa shape index (κ1) is 13.2. The first-order valence-corrected chi connectivity index (χ1v) is 7.09. The van der Waals surface area contributed by atoms with Gasteiger partial charge in [-0.3, -0.25) is 4.98 Å². The van der Waals surface area contributed by atoms with Crippen molar-refractivity contribution in [2.24, 2.45) is 0 Å². The average Bonchev–Trinajstić information content (AvgIpc) is 2.97. The number of nitrogens with one attached hydrogen (secondary N) is 1. The maximum Gasteiger partial charge on any atom is 0.228 e. The SMILES string of the molecule is CNC1(Cc2nc(-c3cnccn3)no2)CCCCC1. The Morgan fingerprint density at radius 1 is 1.25 bits per heavy atom. The number of rotatable bonds is 4. The molecular weight excluding hydrogens is 254 g/mol. The highest BCUT2D eigenvalue weighted by molar-refractivity contribution is 5.45. The number of aromatic nitrogens is 4. The van der Waals surface area contributed by atoms with Gasteiger partial charge in [0.05, 0.1) is 6.20 Å². The third kappa shape index (κ3) is 2.70. The number of hydrogen-bond acceptors (Lipinski definition) is 6. The molecule has 2 aromatic rings. The van der Waals surface area contributed by atoms with Crippen LogP contribution in [0.4, 0.5) is 0 Å². The van der Waals surface area contributed by atoms with E-state index in [4.69, 9.17) is 4.52 Å². The van der Waals surface area contributed by atoms with Crippen molar-refractivity contribution >= 4 is 0 Å². The lowest BCUT2D eigenvalue weighted by atomic mass is 9.79. The molecule has 1 fully saturated rings. The predicted molar refractivity (Wildman–Crippen MR) is 73.9 cm³/mol. The molecule has 6 heteroatoms. The van der Waals surface area contributed by atoms with E-state index in [1.807, 2.05) is 7.05 Å². The highest BCUT2D eigenvalue weighted by Crippen LogP contribution is 2.30. The Morgan fingerprint density at radius 2 is 2.10 bits per heavy atom. The van der Waals surface area contributed by atoms with Crippen LogP contribution in [0.3, 0.4) is 0 Å². The van der Waals surface area contributed by atoms with Gasteiger partial charge in [-0.15, -0.1) is 0 Å². The first-order valence-electron chi connectivity index (χ1n) is 7.09. The van der Waals surface area contributed by atoms with Gasteiger partial charge in [0.15, 0.2) is 0 Å². The minimum absolute atomic E-state index is 0.102. The quantitative estimate of drug-likeness (QED) is 0.918. The maximum absolute atomic E-state index is 5.38. The summed E-state index contributed by atoms with van der Waals surface area (Å²) in [5.74, 6) is 1.18. The normalized spacial score (nSPS) is 18.1. The van der Waals surface area contributed by atoms with Crippen LogP contribution in [-0.2, 0) is 6.42 Å². The van der Waals surface area contributed by atoms with Crippen LogP contribution in [0.15, 0.2) is 23.1 Å². The van der Waals surface area contributed by atoms with Crippen molar-refractivity contribution in [2.75, 3.05) is 7.05 Å². The van der Waals surface area contributed by atoms with Crippen LogP contribution in [0.5, 0.6) is 0 Å². The summed E-state index contributed by atoms with van der Waals surface area (Å²) in [4.78, 5) is 12.7. The zero-order valence-corrected chi connectivity index (χ0v) is 11.7. The lowest BCUT2D eigenvalue weighted by Gasteiger charge is -2.36. The molecule has 106 valence electrons. The molecule has 0 saturated heterocycles. The van der Waals surface area contributed by atoms with Crippen molar-refractivity contribution in [3.8, 4) is 11.5 Å². The fourth-order valence-electron chi connectivity index (χ4n) is 2.88. The molecule has 1 aliphatic rings. The standard InChI is InChI=1S/C14H19N5O/c1-15-14(5-3-2-4-6-14)9-12-18-13(19-20-12)11-10-16-7-8-17-11/h7-8,10,15H,2-6,9H2,1H3. The van der Waals surface area contributed by atoms with Gasteiger partial charge >= 0.3 is 0 Å². The molecule has 0 bridgehead atoms. The number of likely N-dealkylation sites (N-methyl/N-ethyl adjacent to an activating group) is 1. The monoisotopic (exact) mass is 273 g/mol. The second-order valence-corrected chi connectivity index (χ2v) is 5.37. The van der Waals surface area contributed by atoms with Gasteiger partial charge in [-0.05, 0) is 19.9 Å². The molecule has 2 aromatic heterocycles. The summed E-state index contributed by atoms with van der Waals surface area (Å²) in [6.45, 7) is 0. The molecule has 0 atom stereocenters. The van der Waals surface area contributed by atoms with E-state index in [2.05, 4.69) is 25.4 Å². The van der Waals surface area contributed by atoms with Gasteiger partial charge in [0, 0.05) is 24.4 Å². The molecule has 1 N–H and O–H groups in total. The van der Waals surface area contributed by atoms with E-state index in [1.165, 1.54) is 19.3 Å². The van der Waals surface area contributed by atoms with Crippen LogP contribution in [0, 0.1) is 0 Å². The molecule has 0 spiro atoms. The minimum Gasteiger partial charge on any atom is -0.339 e. The summed E-state index contributed by atoms with van der Waals surface area (Å²) in [5, 5.41) is 7.46. The number of nitrogens with zero attached hydrogens (tertiary/aromatic N) is 4. The smallest absolute Gasteiger partial charge is 0.228 e. The fourth-order valence-corrected chi connectivity index (χ4v) is 2.88. The van der Waals surface area contributed by atoms with E-state index in [1.54, 1.807) is 18.6 Å². The Labute approximate surface area is 118 Å². The van der Waals surface area contributed by atoms with Crippen LogP contribution >= 0.6 is 0 Å². The molecule has 0 radical (unpaired) electrons. The third-order valence-corrected chi connectivity index (χ3v) is 4.09. The van der Waals surface area contributed by atoms with Crippen molar-refractivity contribution in [2.45, 2.75) is 44.1 Å². The lowest BCUT2D eigenvalue weighted by molar-refractivity contribution is 0.221. The Morgan fingerprint density at radius 3 is 2.80 bits per heavy atom. The second kappa shape index (κ2) is 5.66. The summed E-state index contributed by atoms with van der Waals surface area (Å²) < 4.78 is 5.38. The summed E-state index contributed by atoms with van der Waals surface area (Å²) in [5.41, 5.74) is 0.745. The zero-order valence-electron chi connectivity index (χ0n) is 11.7. The molecule has 0 aliphatic heterocycles. The predicted octanol–water partition coefficient (Wildman–Crippen LogP) is 1.99. The van der Waals surface area contributed by atoms with Gasteiger partial charge in [0.25, 0.3) is 0 Å². The van der Waals surface area contributed by atoms with Crippen molar-refractivity contribution in [3.63, 3.8) is 0 Å². The van der Waals surface area contributed by atoms with Crippen molar-refractivity contribution in [1.82, 2.24) is 25.4 Å². The number of hydrogen-bond donors (Lipinski definition) is 1. The Hall–Kier alpha value is -1.82. The zero-order chi connectivity index (χ0) is 13.8.